The molecule has 0 fully saturated rings. The first-order valence-corrected chi connectivity index (χ1v) is 16.8. The fourth-order valence-corrected chi connectivity index (χ4v) is 6.76. The van der Waals surface area contributed by atoms with Gasteiger partial charge in [-0.15, -0.1) is 0 Å². The van der Waals surface area contributed by atoms with Crippen LogP contribution >= 0.6 is 0 Å². The van der Waals surface area contributed by atoms with E-state index in [1.54, 1.807) is 0 Å². The fraction of sp³-hybridized carbons (Fsp3) is 0. The summed E-state index contributed by atoms with van der Waals surface area (Å²) in [5.74, 6) is 1.67. The van der Waals surface area contributed by atoms with E-state index < -0.39 is 0 Å². The third-order valence-corrected chi connectivity index (χ3v) is 9.23. The van der Waals surface area contributed by atoms with Crippen molar-refractivity contribution in [2.45, 2.75) is 0 Å². The lowest BCUT2D eigenvalue weighted by Crippen LogP contribution is -2.01. The zero-order valence-electron chi connectivity index (χ0n) is 27.4. The van der Waals surface area contributed by atoms with E-state index >= 15 is 0 Å². The lowest BCUT2D eigenvalue weighted by molar-refractivity contribution is 0.669. The van der Waals surface area contributed by atoms with E-state index in [-0.39, 0.29) is 0 Å². The molecular formula is C46H28N4O. The number of hydrogen-bond donors (Lipinski definition) is 0. The van der Waals surface area contributed by atoms with E-state index in [0.29, 0.717) is 23.0 Å². The number of nitrogens with zero attached hydrogens (tertiary/aromatic N) is 4. The molecule has 51 heavy (non-hydrogen) atoms. The number of nitriles is 1. The van der Waals surface area contributed by atoms with Gasteiger partial charge in [-0.1, -0.05) is 146 Å². The molecule has 238 valence electrons. The average Bonchev–Trinajstić information content (AvgIpc) is 3.60. The molecule has 0 aliphatic carbocycles. The molecule has 7 aromatic carbocycles. The first-order chi connectivity index (χ1) is 25.2. The molecule has 0 atom stereocenters. The summed E-state index contributed by atoms with van der Waals surface area (Å²) in [4.78, 5) is 15.2. The molecule has 0 spiro atoms. The van der Waals surface area contributed by atoms with Gasteiger partial charge in [-0.25, -0.2) is 15.0 Å². The van der Waals surface area contributed by atoms with Gasteiger partial charge in [0, 0.05) is 27.5 Å². The van der Waals surface area contributed by atoms with Crippen LogP contribution in [0.4, 0.5) is 0 Å². The van der Waals surface area contributed by atoms with Crippen LogP contribution in [0.3, 0.4) is 0 Å². The van der Waals surface area contributed by atoms with Gasteiger partial charge >= 0.3 is 0 Å². The highest BCUT2D eigenvalue weighted by atomic mass is 16.3. The van der Waals surface area contributed by atoms with Crippen molar-refractivity contribution in [1.82, 2.24) is 15.0 Å². The summed E-state index contributed by atoms with van der Waals surface area (Å²) in [6.45, 7) is 0. The number of aromatic nitrogens is 3. The second-order valence-corrected chi connectivity index (χ2v) is 12.3. The number of hydrogen-bond acceptors (Lipinski definition) is 5. The molecule has 0 bridgehead atoms. The van der Waals surface area contributed by atoms with Gasteiger partial charge < -0.3 is 4.42 Å². The Morgan fingerprint density at radius 2 is 0.922 bits per heavy atom. The minimum Gasteiger partial charge on any atom is -0.456 e. The van der Waals surface area contributed by atoms with Crippen LogP contribution in [-0.4, -0.2) is 15.0 Å². The Kier molecular flexibility index (Phi) is 7.46. The standard InChI is InChI=1S/C46H28N4O/c47-29-35-16-7-8-17-36(35)32-22-24-33(25-23-32)44-48-45(50-46(49-44)39-19-10-9-18-37(39)30-12-3-1-4-13-30)34-26-27-40-42(28-34)51-41-21-11-20-38(43(40)41)31-14-5-2-6-15-31/h1-28H. The molecule has 9 rings (SSSR count). The molecule has 0 aliphatic heterocycles. The maximum absolute atomic E-state index is 9.68. The molecule has 2 aromatic heterocycles. The van der Waals surface area contributed by atoms with E-state index in [0.717, 1.165) is 72.0 Å². The molecule has 0 N–H and O–H groups in total. The Morgan fingerprint density at radius 3 is 1.65 bits per heavy atom. The highest BCUT2D eigenvalue weighted by Crippen LogP contribution is 2.39. The van der Waals surface area contributed by atoms with E-state index in [1.165, 1.54) is 0 Å². The minimum absolute atomic E-state index is 0.544. The van der Waals surface area contributed by atoms with Gasteiger partial charge in [-0.2, -0.15) is 5.26 Å². The Morgan fingerprint density at radius 1 is 0.392 bits per heavy atom. The molecule has 0 saturated carbocycles. The van der Waals surface area contributed by atoms with Crippen LogP contribution in [0.5, 0.6) is 0 Å². The molecule has 9 aromatic rings. The zero-order chi connectivity index (χ0) is 34.1. The van der Waals surface area contributed by atoms with Crippen LogP contribution in [0.25, 0.3) is 89.5 Å². The van der Waals surface area contributed by atoms with E-state index in [2.05, 4.69) is 72.8 Å². The van der Waals surface area contributed by atoms with Crippen molar-refractivity contribution < 1.29 is 4.42 Å². The van der Waals surface area contributed by atoms with E-state index in [1.807, 2.05) is 103 Å². The molecule has 0 saturated heterocycles. The Balaban J connectivity index is 1.21. The largest absolute Gasteiger partial charge is 0.456 e. The van der Waals surface area contributed by atoms with Crippen LogP contribution < -0.4 is 0 Å². The first-order valence-electron chi connectivity index (χ1n) is 16.8. The maximum atomic E-state index is 9.68. The first kappa shape index (κ1) is 29.9. The van der Waals surface area contributed by atoms with Crippen molar-refractivity contribution in [3.8, 4) is 73.6 Å². The second kappa shape index (κ2) is 12.7. The molecule has 0 unspecified atom stereocenters. The van der Waals surface area contributed by atoms with E-state index in [4.69, 9.17) is 19.4 Å². The smallest absolute Gasteiger partial charge is 0.164 e. The molecule has 0 amide bonds. The van der Waals surface area contributed by atoms with Crippen molar-refractivity contribution in [3.63, 3.8) is 0 Å². The summed E-state index contributed by atoms with van der Waals surface area (Å²) in [5.41, 5.74) is 11.0. The zero-order valence-corrected chi connectivity index (χ0v) is 27.4. The topological polar surface area (TPSA) is 75.6 Å². The van der Waals surface area contributed by atoms with Crippen LogP contribution in [0.1, 0.15) is 5.56 Å². The highest BCUT2D eigenvalue weighted by molar-refractivity contribution is 6.13. The quantitative estimate of drug-likeness (QED) is 0.179. The van der Waals surface area contributed by atoms with Crippen molar-refractivity contribution in [1.29, 1.82) is 5.26 Å². The van der Waals surface area contributed by atoms with Gasteiger partial charge in [0.05, 0.1) is 11.6 Å². The Labute approximate surface area is 294 Å². The molecule has 0 radical (unpaired) electrons. The van der Waals surface area contributed by atoms with Gasteiger partial charge in [0.25, 0.3) is 0 Å². The minimum atomic E-state index is 0.544. The number of fused-ring (bicyclic) bond motifs is 3. The molecule has 2 heterocycles. The summed E-state index contributed by atoms with van der Waals surface area (Å²) >= 11 is 0. The summed E-state index contributed by atoms with van der Waals surface area (Å²) < 4.78 is 6.46. The second-order valence-electron chi connectivity index (χ2n) is 12.3. The third-order valence-electron chi connectivity index (χ3n) is 9.23. The highest BCUT2D eigenvalue weighted by Gasteiger charge is 2.18. The SMILES string of the molecule is N#Cc1ccccc1-c1ccc(-c2nc(-c3ccc4c(c3)oc3cccc(-c5ccccc5)c34)nc(-c3ccccc3-c3ccccc3)n2)cc1. The lowest BCUT2D eigenvalue weighted by atomic mass is 9.98. The van der Waals surface area contributed by atoms with Crippen molar-refractivity contribution in [2.24, 2.45) is 0 Å². The van der Waals surface area contributed by atoms with Gasteiger partial charge in [-0.05, 0) is 57.6 Å². The molecule has 5 nitrogen and oxygen atoms in total. The van der Waals surface area contributed by atoms with Crippen LogP contribution in [0, 0.1) is 11.3 Å². The summed E-state index contributed by atoms with van der Waals surface area (Å²) in [6, 6.07) is 59.2. The molecule has 0 aliphatic rings. The predicted molar refractivity (Wildman–Crippen MR) is 204 cm³/mol. The maximum Gasteiger partial charge on any atom is 0.164 e. The number of rotatable bonds is 6. The van der Waals surface area contributed by atoms with Crippen molar-refractivity contribution in [2.75, 3.05) is 0 Å². The van der Waals surface area contributed by atoms with Gasteiger partial charge in [0.1, 0.15) is 11.2 Å². The molecular weight excluding hydrogens is 625 g/mol. The fourth-order valence-electron chi connectivity index (χ4n) is 6.76. The van der Waals surface area contributed by atoms with Crippen LogP contribution in [-0.2, 0) is 0 Å². The van der Waals surface area contributed by atoms with Crippen molar-refractivity contribution in [3.05, 3.63) is 175 Å². The molecule has 5 heteroatoms. The van der Waals surface area contributed by atoms with Gasteiger partial charge in [0.15, 0.2) is 17.5 Å². The number of furan rings is 1. The average molecular weight is 653 g/mol. The van der Waals surface area contributed by atoms with Gasteiger partial charge in [0.2, 0.25) is 0 Å². The van der Waals surface area contributed by atoms with E-state index in [9.17, 15) is 5.26 Å². The normalized spacial score (nSPS) is 11.1. The lowest BCUT2D eigenvalue weighted by Gasteiger charge is -2.12. The van der Waals surface area contributed by atoms with Crippen LogP contribution in [0.2, 0.25) is 0 Å². The summed E-state index contributed by atoms with van der Waals surface area (Å²) in [7, 11) is 0. The Bertz CT molecular complexity index is 2750. The summed E-state index contributed by atoms with van der Waals surface area (Å²) in [5, 5.41) is 11.8. The number of benzene rings is 7. The Hall–Kier alpha value is -7.16. The third kappa shape index (κ3) is 5.51. The van der Waals surface area contributed by atoms with Crippen molar-refractivity contribution >= 4 is 21.9 Å². The summed E-state index contributed by atoms with van der Waals surface area (Å²) in [6.07, 6.45) is 0. The van der Waals surface area contributed by atoms with Gasteiger partial charge in [-0.3, -0.25) is 0 Å². The predicted octanol–water partition coefficient (Wildman–Crippen LogP) is 11.6. The monoisotopic (exact) mass is 652 g/mol. The van der Waals surface area contributed by atoms with Crippen LogP contribution in [0.15, 0.2) is 174 Å².